The van der Waals surface area contributed by atoms with Crippen molar-refractivity contribution in [2.45, 2.75) is 36.9 Å². The van der Waals surface area contributed by atoms with Crippen molar-refractivity contribution in [2.24, 2.45) is 10.2 Å². The first-order valence-electron chi connectivity index (χ1n) is 5.55. The fourth-order valence-electron chi connectivity index (χ4n) is 2.40. The highest BCUT2D eigenvalue weighted by molar-refractivity contribution is 5.25. The largest absolute Gasteiger partial charge is 0.385 e. The van der Waals surface area contributed by atoms with Gasteiger partial charge in [-0.25, -0.2) is 4.39 Å². The van der Waals surface area contributed by atoms with Crippen LogP contribution in [0, 0.1) is 5.82 Å². The molecule has 16 heavy (non-hydrogen) atoms. The van der Waals surface area contributed by atoms with E-state index in [0.717, 1.165) is 12.8 Å². The molecule has 1 saturated carbocycles. The van der Waals surface area contributed by atoms with Gasteiger partial charge >= 0.3 is 0 Å². The second kappa shape index (κ2) is 3.10. The fourth-order valence-corrected chi connectivity index (χ4v) is 2.40. The van der Waals surface area contributed by atoms with Crippen LogP contribution in [0.2, 0.25) is 0 Å². The molecule has 1 aromatic carbocycles. The maximum Gasteiger partial charge on any atom is 0.191 e. The molecule has 0 unspecified atom stereocenters. The lowest BCUT2D eigenvalue weighted by Crippen LogP contribution is -2.34. The predicted molar refractivity (Wildman–Crippen MR) is 56.4 cm³/mol. The zero-order chi connectivity index (χ0) is 11.2. The van der Waals surface area contributed by atoms with Crippen LogP contribution in [0.4, 0.5) is 4.39 Å². The van der Waals surface area contributed by atoms with Crippen molar-refractivity contribution < 1.29 is 9.50 Å². The van der Waals surface area contributed by atoms with Crippen LogP contribution in [0.3, 0.4) is 0 Å². The lowest BCUT2D eigenvalue weighted by atomic mass is 9.76. The monoisotopic (exact) mass is 220 g/mol. The summed E-state index contributed by atoms with van der Waals surface area (Å²) in [5.74, 6) is -0.299. The van der Waals surface area contributed by atoms with Crippen molar-refractivity contribution in [3.05, 3.63) is 35.6 Å². The van der Waals surface area contributed by atoms with Gasteiger partial charge in [0.15, 0.2) is 5.66 Å². The molecule has 1 fully saturated rings. The predicted octanol–water partition coefficient (Wildman–Crippen LogP) is 2.75. The van der Waals surface area contributed by atoms with Gasteiger partial charge in [0.25, 0.3) is 0 Å². The number of hydrogen-bond acceptors (Lipinski definition) is 3. The summed E-state index contributed by atoms with van der Waals surface area (Å²) in [6.07, 6.45) is 2.73. The first-order chi connectivity index (χ1) is 7.62. The molecule has 2 aliphatic rings. The van der Waals surface area contributed by atoms with Gasteiger partial charge in [0.2, 0.25) is 0 Å². The molecule has 3 nitrogen and oxygen atoms in total. The van der Waals surface area contributed by atoms with E-state index < -0.39 is 5.60 Å². The number of hydrogen-bond donors (Lipinski definition) is 1. The molecule has 0 atom stereocenters. The molecule has 1 N–H and O–H groups in total. The Morgan fingerprint density at radius 2 is 1.81 bits per heavy atom. The van der Waals surface area contributed by atoms with Gasteiger partial charge in [0.1, 0.15) is 5.82 Å². The summed E-state index contributed by atoms with van der Waals surface area (Å²) in [7, 11) is 0. The van der Waals surface area contributed by atoms with Crippen LogP contribution < -0.4 is 0 Å². The molecule has 0 amide bonds. The summed E-state index contributed by atoms with van der Waals surface area (Å²) in [5.41, 5.74) is -0.427. The van der Waals surface area contributed by atoms with E-state index in [1.165, 1.54) is 12.1 Å². The molecule has 1 spiro atoms. The molecule has 0 aromatic heterocycles. The first kappa shape index (κ1) is 9.90. The molecular formula is C12H13FN2O. The minimum absolute atomic E-state index is 0.195. The summed E-state index contributed by atoms with van der Waals surface area (Å²) >= 11 is 0. The Bertz CT molecular complexity index is 442. The van der Waals surface area contributed by atoms with Crippen LogP contribution in [0.25, 0.3) is 0 Å². The smallest absolute Gasteiger partial charge is 0.191 e. The van der Waals surface area contributed by atoms with Crippen LogP contribution in [-0.4, -0.2) is 10.8 Å². The average molecular weight is 220 g/mol. The Kier molecular flexibility index (Phi) is 1.92. The normalized spacial score (nSPS) is 24.6. The van der Waals surface area contributed by atoms with E-state index in [1.807, 2.05) is 0 Å². The highest BCUT2D eigenvalue weighted by atomic mass is 19.1. The molecule has 0 bridgehead atoms. The Labute approximate surface area is 93.0 Å². The van der Waals surface area contributed by atoms with E-state index in [1.54, 1.807) is 12.1 Å². The number of benzene rings is 1. The lowest BCUT2D eigenvalue weighted by molar-refractivity contribution is -0.0104. The van der Waals surface area contributed by atoms with Crippen LogP contribution in [-0.2, 0) is 5.60 Å². The minimum atomic E-state index is -0.902. The van der Waals surface area contributed by atoms with Gasteiger partial charge in [-0.05, 0) is 43.4 Å². The maximum absolute atomic E-state index is 13.1. The Morgan fingerprint density at radius 1 is 1.12 bits per heavy atom. The second-order valence-electron chi connectivity index (χ2n) is 4.72. The Balaban J connectivity index is 1.83. The zero-order valence-electron chi connectivity index (χ0n) is 8.86. The van der Waals surface area contributed by atoms with Crippen molar-refractivity contribution in [3.63, 3.8) is 0 Å². The van der Waals surface area contributed by atoms with E-state index >= 15 is 0 Å². The SMILES string of the molecule is OC1(c2cccc(F)c2)CCC2(CC1)N=N2. The van der Waals surface area contributed by atoms with Gasteiger partial charge in [-0.1, -0.05) is 12.1 Å². The third-order valence-corrected chi connectivity index (χ3v) is 3.62. The topological polar surface area (TPSA) is 45.0 Å². The van der Waals surface area contributed by atoms with E-state index in [-0.39, 0.29) is 11.5 Å². The van der Waals surface area contributed by atoms with Crippen molar-refractivity contribution in [1.82, 2.24) is 0 Å². The van der Waals surface area contributed by atoms with Crippen LogP contribution in [0.1, 0.15) is 31.2 Å². The lowest BCUT2D eigenvalue weighted by Gasteiger charge is -2.34. The van der Waals surface area contributed by atoms with Crippen LogP contribution in [0.15, 0.2) is 34.5 Å². The maximum atomic E-state index is 13.1. The van der Waals surface area contributed by atoms with Gasteiger partial charge in [0.05, 0.1) is 5.60 Å². The molecule has 1 aliphatic carbocycles. The zero-order valence-corrected chi connectivity index (χ0v) is 8.86. The highest BCUT2D eigenvalue weighted by Crippen LogP contribution is 2.48. The summed E-state index contributed by atoms with van der Waals surface area (Å²) in [6.45, 7) is 0. The van der Waals surface area contributed by atoms with Crippen LogP contribution >= 0.6 is 0 Å². The van der Waals surface area contributed by atoms with Gasteiger partial charge in [-0.3, -0.25) is 0 Å². The summed E-state index contributed by atoms with van der Waals surface area (Å²) in [6, 6.07) is 6.23. The molecule has 1 aromatic rings. The van der Waals surface area contributed by atoms with Gasteiger partial charge in [-0.15, -0.1) is 0 Å². The van der Waals surface area contributed by atoms with E-state index in [4.69, 9.17) is 0 Å². The summed E-state index contributed by atoms with van der Waals surface area (Å²) < 4.78 is 13.1. The Hall–Kier alpha value is -1.29. The third-order valence-electron chi connectivity index (χ3n) is 3.62. The molecule has 1 heterocycles. The highest BCUT2D eigenvalue weighted by Gasteiger charge is 2.48. The summed E-state index contributed by atoms with van der Waals surface area (Å²) in [5, 5.41) is 18.5. The average Bonchev–Trinajstić information content (AvgIpc) is 3.04. The van der Waals surface area contributed by atoms with Gasteiger partial charge in [0, 0.05) is 0 Å². The molecule has 84 valence electrons. The quantitative estimate of drug-likeness (QED) is 0.777. The number of halogens is 1. The number of aliphatic hydroxyl groups is 1. The first-order valence-corrected chi connectivity index (χ1v) is 5.55. The second-order valence-corrected chi connectivity index (χ2v) is 4.72. The number of nitrogens with zero attached hydrogens (tertiary/aromatic N) is 2. The molecule has 3 rings (SSSR count). The standard InChI is InChI=1S/C12H13FN2O/c13-10-3-1-2-9(8-10)11(16)4-6-12(7-5-11)14-15-12/h1-3,8,16H,4-7H2. The van der Waals surface area contributed by atoms with E-state index in [9.17, 15) is 9.50 Å². The molecule has 1 aliphatic heterocycles. The van der Waals surface area contributed by atoms with Crippen molar-refractivity contribution in [1.29, 1.82) is 0 Å². The van der Waals surface area contributed by atoms with Crippen molar-refractivity contribution >= 4 is 0 Å². The molecule has 4 heteroatoms. The molecular weight excluding hydrogens is 207 g/mol. The third kappa shape index (κ3) is 1.53. The molecule has 0 saturated heterocycles. The molecule has 0 radical (unpaired) electrons. The Morgan fingerprint density at radius 3 is 2.38 bits per heavy atom. The van der Waals surface area contributed by atoms with E-state index in [0.29, 0.717) is 18.4 Å². The van der Waals surface area contributed by atoms with Crippen molar-refractivity contribution in [3.8, 4) is 0 Å². The van der Waals surface area contributed by atoms with Crippen LogP contribution in [0.5, 0.6) is 0 Å². The summed E-state index contributed by atoms with van der Waals surface area (Å²) in [4.78, 5) is 0. The number of rotatable bonds is 1. The minimum Gasteiger partial charge on any atom is -0.385 e. The van der Waals surface area contributed by atoms with Crippen molar-refractivity contribution in [2.75, 3.05) is 0 Å². The fraction of sp³-hybridized carbons (Fsp3) is 0.500. The van der Waals surface area contributed by atoms with E-state index in [2.05, 4.69) is 10.2 Å². The van der Waals surface area contributed by atoms with Gasteiger partial charge in [-0.2, -0.15) is 10.2 Å². The van der Waals surface area contributed by atoms with Gasteiger partial charge < -0.3 is 5.11 Å².